The maximum absolute atomic E-state index is 9.82. The predicted molar refractivity (Wildman–Crippen MR) is 82.3 cm³/mol. The van der Waals surface area contributed by atoms with Crippen molar-refractivity contribution >= 4 is 17.8 Å². The zero-order valence-corrected chi connectivity index (χ0v) is 13.0. The molecule has 1 heterocycles. The molecule has 0 aromatic carbocycles. The minimum absolute atomic E-state index is 0.190. The van der Waals surface area contributed by atoms with Crippen molar-refractivity contribution in [3.8, 4) is 0 Å². The first-order chi connectivity index (χ1) is 9.43. The molecule has 0 saturated heterocycles. The van der Waals surface area contributed by atoms with Crippen molar-refractivity contribution in [1.82, 2.24) is 15.0 Å². The second kappa shape index (κ2) is 7.84. The fourth-order valence-electron chi connectivity index (χ4n) is 1.39. The molecule has 3 N–H and O–H groups in total. The molecule has 114 valence electrons. The molecule has 0 radical (unpaired) electrons. The van der Waals surface area contributed by atoms with Crippen LogP contribution in [0.4, 0.5) is 17.8 Å². The van der Waals surface area contributed by atoms with E-state index in [2.05, 4.69) is 32.5 Å². The van der Waals surface area contributed by atoms with Crippen LogP contribution >= 0.6 is 0 Å². The van der Waals surface area contributed by atoms with Gasteiger partial charge in [-0.25, -0.2) is 0 Å². The number of aromatic nitrogens is 3. The van der Waals surface area contributed by atoms with Gasteiger partial charge in [-0.05, 0) is 12.3 Å². The van der Waals surface area contributed by atoms with Gasteiger partial charge in [0.05, 0.1) is 6.10 Å². The van der Waals surface area contributed by atoms with Gasteiger partial charge in [-0.1, -0.05) is 20.8 Å². The van der Waals surface area contributed by atoms with Gasteiger partial charge in [-0.3, -0.25) is 0 Å². The van der Waals surface area contributed by atoms with Crippen molar-refractivity contribution in [3.05, 3.63) is 0 Å². The zero-order chi connectivity index (χ0) is 15.1. The largest absolute Gasteiger partial charge is 0.391 e. The quantitative estimate of drug-likeness (QED) is 0.660. The summed E-state index contributed by atoms with van der Waals surface area (Å²) in [7, 11) is 3.76. The Labute approximate surface area is 120 Å². The Balaban J connectivity index is 2.80. The topological polar surface area (TPSA) is 86.2 Å². The van der Waals surface area contributed by atoms with E-state index in [1.165, 1.54) is 0 Å². The lowest BCUT2D eigenvalue weighted by Crippen LogP contribution is -2.26. The van der Waals surface area contributed by atoms with Crippen LogP contribution in [0.1, 0.15) is 27.2 Å². The Kier molecular flexibility index (Phi) is 6.44. The molecule has 7 nitrogen and oxygen atoms in total. The summed E-state index contributed by atoms with van der Waals surface area (Å²) in [6, 6.07) is 0. The Morgan fingerprint density at radius 3 is 2.20 bits per heavy atom. The molecule has 1 rings (SSSR count). The van der Waals surface area contributed by atoms with Gasteiger partial charge in [0, 0.05) is 27.2 Å². The first-order valence-electron chi connectivity index (χ1n) is 7.03. The number of anilines is 3. The molecule has 20 heavy (non-hydrogen) atoms. The average Bonchev–Trinajstić information content (AvgIpc) is 2.42. The summed E-state index contributed by atoms with van der Waals surface area (Å²) in [5, 5.41) is 16.0. The molecule has 7 heteroatoms. The third-order valence-corrected chi connectivity index (χ3v) is 2.80. The van der Waals surface area contributed by atoms with Gasteiger partial charge in [-0.15, -0.1) is 0 Å². The van der Waals surface area contributed by atoms with Crippen LogP contribution in [0.2, 0.25) is 0 Å². The highest BCUT2D eigenvalue weighted by molar-refractivity contribution is 5.42. The first kappa shape index (κ1) is 16.4. The first-order valence-corrected chi connectivity index (χ1v) is 7.03. The summed E-state index contributed by atoms with van der Waals surface area (Å²) in [5.74, 6) is 1.80. The molecular weight excluding hydrogens is 256 g/mol. The Bertz CT molecular complexity index is 410. The maximum atomic E-state index is 9.82. The van der Waals surface area contributed by atoms with Crippen LogP contribution in [0.15, 0.2) is 0 Å². The van der Waals surface area contributed by atoms with E-state index in [-0.39, 0.29) is 5.92 Å². The normalized spacial score (nSPS) is 12.3. The van der Waals surface area contributed by atoms with Gasteiger partial charge in [0.2, 0.25) is 17.8 Å². The molecule has 1 aromatic rings. The lowest BCUT2D eigenvalue weighted by Gasteiger charge is -2.17. The molecule has 0 aliphatic carbocycles. The number of nitrogens with zero attached hydrogens (tertiary/aromatic N) is 4. The van der Waals surface area contributed by atoms with Crippen molar-refractivity contribution in [2.75, 3.05) is 42.7 Å². The van der Waals surface area contributed by atoms with E-state index >= 15 is 0 Å². The zero-order valence-electron chi connectivity index (χ0n) is 13.0. The fourth-order valence-corrected chi connectivity index (χ4v) is 1.39. The summed E-state index contributed by atoms with van der Waals surface area (Å²) in [6.07, 6.45) is 0.569. The standard InChI is InChI=1S/C13H26N6O/c1-6-7-14-11-16-12(15-8-10(20)9(2)3)18-13(17-11)19(4)5/h9-10,20H,6-8H2,1-5H3,(H2,14,15,16,17,18). The van der Waals surface area contributed by atoms with Gasteiger partial charge in [0.1, 0.15) is 0 Å². The van der Waals surface area contributed by atoms with Gasteiger partial charge in [-0.2, -0.15) is 15.0 Å². The molecular formula is C13H26N6O. The SMILES string of the molecule is CCCNc1nc(NCC(O)C(C)C)nc(N(C)C)n1. The van der Waals surface area contributed by atoms with Crippen LogP contribution < -0.4 is 15.5 Å². The van der Waals surface area contributed by atoms with Crippen molar-refractivity contribution in [3.63, 3.8) is 0 Å². The van der Waals surface area contributed by atoms with Crippen molar-refractivity contribution < 1.29 is 5.11 Å². The van der Waals surface area contributed by atoms with Gasteiger partial charge >= 0.3 is 0 Å². The van der Waals surface area contributed by atoms with Crippen LogP contribution in [-0.2, 0) is 0 Å². The predicted octanol–water partition coefficient (Wildman–Crippen LogP) is 1.19. The summed E-state index contributed by atoms with van der Waals surface area (Å²) < 4.78 is 0. The van der Waals surface area contributed by atoms with Crippen LogP contribution in [-0.4, -0.2) is 53.3 Å². The molecule has 1 unspecified atom stereocenters. The van der Waals surface area contributed by atoms with Gasteiger partial charge in [0.15, 0.2) is 0 Å². The van der Waals surface area contributed by atoms with E-state index in [0.29, 0.717) is 24.4 Å². The van der Waals surface area contributed by atoms with E-state index < -0.39 is 6.10 Å². The van der Waals surface area contributed by atoms with Gasteiger partial charge in [0.25, 0.3) is 0 Å². The highest BCUT2D eigenvalue weighted by Crippen LogP contribution is 2.12. The Morgan fingerprint density at radius 2 is 1.70 bits per heavy atom. The minimum atomic E-state index is -0.429. The highest BCUT2D eigenvalue weighted by atomic mass is 16.3. The summed E-state index contributed by atoms with van der Waals surface area (Å²) in [6.45, 7) is 7.25. The summed E-state index contributed by atoms with van der Waals surface area (Å²) >= 11 is 0. The number of rotatable bonds is 8. The number of hydrogen-bond acceptors (Lipinski definition) is 7. The average molecular weight is 282 g/mol. The molecule has 1 atom stereocenters. The number of aliphatic hydroxyl groups is 1. The van der Waals surface area contributed by atoms with Crippen molar-refractivity contribution in [2.45, 2.75) is 33.3 Å². The molecule has 0 amide bonds. The third kappa shape index (κ3) is 5.16. The van der Waals surface area contributed by atoms with E-state index in [1.54, 1.807) is 0 Å². The number of nitrogens with one attached hydrogen (secondary N) is 2. The summed E-state index contributed by atoms with van der Waals surface area (Å²) in [5.41, 5.74) is 0. The molecule has 0 bridgehead atoms. The molecule has 0 fully saturated rings. The Hall–Kier alpha value is -1.63. The lowest BCUT2D eigenvalue weighted by atomic mass is 10.1. The lowest BCUT2D eigenvalue weighted by molar-refractivity contribution is 0.137. The molecule has 0 aliphatic rings. The molecule has 0 aliphatic heterocycles. The van der Waals surface area contributed by atoms with E-state index in [1.807, 2.05) is 32.8 Å². The second-order valence-electron chi connectivity index (χ2n) is 5.30. The smallest absolute Gasteiger partial charge is 0.231 e. The number of aliphatic hydroxyl groups excluding tert-OH is 1. The minimum Gasteiger partial charge on any atom is -0.391 e. The Morgan fingerprint density at radius 1 is 1.10 bits per heavy atom. The van der Waals surface area contributed by atoms with Gasteiger partial charge < -0.3 is 20.6 Å². The van der Waals surface area contributed by atoms with E-state index in [0.717, 1.165) is 13.0 Å². The van der Waals surface area contributed by atoms with Crippen LogP contribution in [0.5, 0.6) is 0 Å². The highest BCUT2D eigenvalue weighted by Gasteiger charge is 2.11. The third-order valence-electron chi connectivity index (χ3n) is 2.80. The maximum Gasteiger partial charge on any atom is 0.231 e. The fraction of sp³-hybridized carbons (Fsp3) is 0.769. The summed E-state index contributed by atoms with van der Waals surface area (Å²) in [4.78, 5) is 14.8. The van der Waals surface area contributed by atoms with Crippen LogP contribution in [0.3, 0.4) is 0 Å². The van der Waals surface area contributed by atoms with Crippen molar-refractivity contribution in [2.24, 2.45) is 5.92 Å². The molecule has 1 aromatic heterocycles. The van der Waals surface area contributed by atoms with Crippen LogP contribution in [0, 0.1) is 5.92 Å². The monoisotopic (exact) mass is 282 g/mol. The van der Waals surface area contributed by atoms with Crippen molar-refractivity contribution in [1.29, 1.82) is 0 Å². The van der Waals surface area contributed by atoms with E-state index in [9.17, 15) is 5.11 Å². The molecule has 0 saturated carbocycles. The van der Waals surface area contributed by atoms with E-state index in [4.69, 9.17) is 0 Å². The van der Waals surface area contributed by atoms with Crippen LogP contribution in [0.25, 0.3) is 0 Å². The number of hydrogen-bond donors (Lipinski definition) is 3. The molecule has 0 spiro atoms. The second-order valence-corrected chi connectivity index (χ2v) is 5.30.